The zero-order valence-corrected chi connectivity index (χ0v) is 13.7. The van der Waals surface area contributed by atoms with Gasteiger partial charge in [-0.2, -0.15) is 0 Å². The topological polar surface area (TPSA) is 81.6 Å². The van der Waals surface area contributed by atoms with Gasteiger partial charge in [-0.15, -0.1) is 0 Å². The van der Waals surface area contributed by atoms with Crippen molar-refractivity contribution in [1.82, 2.24) is 10.6 Å². The molecule has 124 valence electrons. The van der Waals surface area contributed by atoms with Gasteiger partial charge in [0, 0.05) is 17.0 Å². The highest BCUT2D eigenvalue weighted by Gasteiger charge is 2.25. The molecule has 5 nitrogen and oxygen atoms in total. The SMILES string of the molecule is O=C(NCc1ccccc1)c1ccc(/C=C2\SC(O)NC2O)cc1. The van der Waals surface area contributed by atoms with Crippen LogP contribution in [0.3, 0.4) is 0 Å². The summed E-state index contributed by atoms with van der Waals surface area (Å²) < 4.78 is 0. The van der Waals surface area contributed by atoms with Crippen molar-refractivity contribution in [1.29, 1.82) is 0 Å². The largest absolute Gasteiger partial charge is 0.374 e. The first-order valence-electron chi connectivity index (χ1n) is 7.54. The highest BCUT2D eigenvalue weighted by Crippen LogP contribution is 2.30. The van der Waals surface area contributed by atoms with Gasteiger partial charge >= 0.3 is 0 Å². The lowest BCUT2D eigenvalue weighted by molar-refractivity contribution is 0.0950. The van der Waals surface area contributed by atoms with Crippen molar-refractivity contribution < 1.29 is 15.0 Å². The van der Waals surface area contributed by atoms with Crippen LogP contribution < -0.4 is 10.6 Å². The van der Waals surface area contributed by atoms with Crippen molar-refractivity contribution in [2.24, 2.45) is 0 Å². The van der Waals surface area contributed by atoms with E-state index in [1.165, 1.54) is 0 Å². The van der Waals surface area contributed by atoms with Gasteiger partial charge in [-0.25, -0.2) is 0 Å². The number of aliphatic hydroxyl groups excluding tert-OH is 2. The molecule has 0 spiro atoms. The molecule has 6 heteroatoms. The van der Waals surface area contributed by atoms with E-state index in [-0.39, 0.29) is 5.91 Å². The lowest BCUT2D eigenvalue weighted by Gasteiger charge is -2.06. The molecule has 1 aliphatic heterocycles. The monoisotopic (exact) mass is 342 g/mol. The van der Waals surface area contributed by atoms with Gasteiger partial charge in [0.2, 0.25) is 0 Å². The Morgan fingerprint density at radius 1 is 1.12 bits per heavy atom. The highest BCUT2D eigenvalue weighted by molar-refractivity contribution is 8.03. The van der Waals surface area contributed by atoms with Gasteiger partial charge in [0.15, 0.2) is 5.56 Å². The molecule has 3 rings (SSSR count). The van der Waals surface area contributed by atoms with Crippen molar-refractivity contribution in [2.45, 2.75) is 18.3 Å². The van der Waals surface area contributed by atoms with Gasteiger partial charge in [0.1, 0.15) is 6.23 Å². The predicted octanol–water partition coefficient (Wildman–Crippen LogP) is 1.89. The molecule has 2 unspecified atom stereocenters. The molecule has 0 radical (unpaired) electrons. The van der Waals surface area contributed by atoms with Crippen molar-refractivity contribution in [3.8, 4) is 0 Å². The second kappa shape index (κ2) is 7.63. The van der Waals surface area contributed by atoms with Crippen LogP contribution in [-0.4, -0.2) is 27.9 Å². The maximum atomic E-state index is 12.2. The van der Waals surface area contributed by atoms with Crippen LogP contribution >= 0.6 is 11.8 Å². The van der Waals surface area contributed by atoms with Crippen LogP contribution in [0.4, 0.5) is 0 Å². The fourth-order valence-corrected chi connectivity index (χ4v) is 3.19. The van der Waals surface area contributed by atoms with Gasteiger partial charge < -0.3 is 15.5 Å². The Morgan fingerprint density at radius 2 is 1.83 bits per heavy atom. The molecule has 2 aromatic carbocycles. The molecule has 1 amide bonds. The molecule has 0 saturated carbocycles. The second-order valence-corrected chi connectivity index (χ2v) is 6.53. The van der Waals surface area contributed by atoms with Crippen LogP contribution in [0.1, 0.15) is 21.5 Å². The lowest BCUT2D eigenvalue weighted by atomic mass is 10.1. The van der Waals surface area contributed by atoms with Gasteiger partial charge in [-0.05, 0) is 29.3 Å². The molecule has 24 heavy (non-hydrogen) atoms. The number of aliphatic hydroxyl groups is 2. The molecule has 1 aliphatic rings. The first-order chi connectivity index (χ1) is 11.6. The molecular weight excluding hydrogens is 324 g/mol. The Morgan fingerprint density at radius 3 is 2.46 bits per heavy atom. The van der Waals surface area contributed by atoms with Crippen molar-refractivity contribution in [3.63, 3.8) is 0 Å². The van der Waals surface area contributed by atoms with E-state index in [9.17, 15) is 15.0 Å². The Hall–Kier alpha value is -2.12. The maximum absolute atomic E-state index is 12.2. The third-order valence-corrected chi connectivity index (χ3v) is 4.57. The number of rotatable bonds is 4. The Labute approximate surface area is 144 Å². The number of carbonyl (C=O) groups is 1. The predicted molar refractivity (Wildman–Crippen MR) is 94.8 cm³/mol. The third kappa shape index (κ3) is 4.24. The minimum absolute atomic E-state index is 0.134. The summed E-state index contributed by atoms with van der Waals surface area (Å²) in [5.74, 6) is -0.134. The smallest absolute Gasteiger partial charge is 0.251 e. The van der Waals surface area contributed by atoms with E-state index in [0.717, 1.165) is 22.9 Å². The summed E-state index contributed by atoms with van der Waals surface area (Å²) in [6, 6.07) is 16.8. The fourth-order valence-electron chi connectivity index (χ4n) is 2.33. The number of hydrogen-bond acceptors (Lipinski definition) is 5. The van der Waals surface area contributed by atoms with Crippen molar-refractivity contribution in [3.05, 3.63) is 76.2 Å². The quantitative estimate of drug-likeness (QED) is 0.682. The van der Waals surface area contributed by atoms with E-state index < -0.39 is 11.8 Å². The standard InChI is InChI=1S/C18H18N2O3S/c21-16(19-11-13-4-2-1-3-5-13)14-8-6-12(7-9-14)10-15-17(22)20-18(23)24-15/h1-10,17-18,20,22-23H,11H2,(H,19,21)/b15-10-. The number of amides is 1. The summed E-state index contributed by atoms with van der Waals surface area (Å²) in [7, 11) is 0. The number of hydrogen-bond donors (Lipinski definition) is 4. The van der Waals surface area contributed by atoms with Gasteiger partial charge in [0.05, 0.1) is 0 Å². The molecule has 1 heterocycles. The van der Waals surface area contributed by atoms with Crippen LogP contribution in [0, 0.1) is 0 Å². The number of thioether (sulfide) groups is 1. The molecule has 0 aliphatic carbocycles. The summed E-state index contributed by atoms with van der Waals surface area (Å²) in [6.45, 7) is 0.484. The van der Waals surface area contributed by atoms with Gasteiger partial charge in [-0.1, -0.05) is 54.2 Å². The van der Waals surface area contributed by atoms with E-state index in [2.05, 4.69) is 10.6 Å². The van der Waals surface area contributed by atoms with Crippen LogP contribution in [0.2, 0.25) is 0 Å². The van der Waals surface area contributed by atoms with Crippen molar-refractivity contribution >= 4 is 23.7 Å². The van der Waals surface area contributed by atoms with Gasteiger partial charge in [0.25, 0.3) is 5.91 Å². The molecule has 0 aromatic heterocycles. The Bertz CT molecular complexity index is 732. The third-order valence-electron chi connectivity index (χ3n) is 3.60. The van der Waals surface area contributed by atoms with E-state index in [4.69, 9.17) is 0 Å². The van der Waals surface area contributed by atoms with E-state index in [1.807, 2.05) is 42.5 Å². The van der Waals surface area contributed by atoms with Crippen molar-refractivity contribution in [2.75, 3.05) is 0 Å². The van der Waals surface area contributed by atoms with E-state index in [0.29, 0.717) is 17.0 Å². The molecule has 2 aromatic rings. The summed E-state index contributed by atoms with van der Waals surface area (Å²) in [6.07, 6.45) is 0.920. The Kier molecular flexibility index (Phi) is 5.32. The second-order valence-electron chi connectivity index (χ2n) is 5.38. The van der Waals surface area contributed by atoms with Crippen LogP contribution in [0.15, 0.2) is 59.5 Å². The summed E-state index contributed by atoms with van der Waals surface area (Å²) in [4.78, 5) is 12.8. The normalized spacial score (nSPS) is 21.8. The van der Waals surface area contributed by atoms with E-state index in [1.54, 1.807) is 18.2 Å². The molecule has 2 atom stereocenters. The zero-order valence-electron chi connectivity index (χ0n) is 12.8. The maximum Gasteiger partial charge on any atom is 0.251 e. The molecule has 1 saturated heterocycles. The molecular formula is C18H18N2O3S. The first-order valence-corrected chi connectivity index (χ1v) is 8.42. The highest BCUT2D eigenvalue weighted by atomic mass is 32.2. The summed E-state index contributed by atoms with van der Waals surface area (Å²) in [5.41, 5.74) is 1.68. The average Bonchev–Trinajstić information content (AvgIpc) is 2.91. The average molecular weight is 342 g/mol. The van der Waals surface area contributed by atoms with E-state index >= 15 is 0 Å². The minimum atomic E-state index is -0.862. The zero-order chi connectivity index (χ0) is 16.9. The summed E-state index contributed by atoms with van der Waals surface area (Å²) >= 11 is 1.16. The van der Waals surface area contributed by atoms with Crippen LogP contribution in [0.5, 0.6) is 0 Å². The molecule has 0 bridgehead atoms. The molecule has 4 N–H and O–H groups in total. The minimum Gasteiger partial charge on any atom is -0.374 e. The number of carbonyl (C=O) groups excluding carboxylic acids is 1. The van der Waals surface area contributed by atoms with Gasteiger partial charge in [-0.3, -0.25) is 10.1 Å². The van der Waals surface area contributed by atoms with Crippen LogP contribution in [-0.2, 0) is 6.54 Å². The molecule has 1 fully saturated rings. The first kappa shape index (κ1) is 16.7. The number of benzene rings is 2. The fraction of sp³-hybridized carbons (Fsp3) is 0.167. The van der Waals surface area contributed by atoms with Crippen LogP contribution in [0.25, 0.3) is 6.08 Å². The Balaban J connectivity index is 1.62. The number of nitrogens with one attached hydrogen (secondary N) is 2. The summed E-state index contributed by atoms with van der Waals surface area (Å²) in [5, 5.41) is 24.6. The lowest BCUT2D eigenvalue weighted by Crippen LogP contribution is -2.28.